The van der Waals surface area contributed by atoms with Crippen molar-refractivity contribution in [3.63, 3.8) is 0 Å². The van der Waals surface area contributed by atoms with E-state index in [0.717, 1.165) is 26.1 Å². The van der Waals surface area contributed by atoms with Crippen LogP contribution in [0.4, 0.5) is 0 Å². The summed E-state index contributed by atoms with van der Waals surface area (Å²) in [4.78, 5) is 2.44. The van der Waals surface area contributed by atoms with Crippen molar-refractivity contribution in [2.75, 3.05) is 13.1 Å². The minimum Gasteiger partial charge on any atom is -0.326 e. The molecule has 1 saturated heterocycles. The minimum atomic E-state index is 0.384. The van der Waals surface area contributed by atoms with Crippen molar-refractivity contribution in [2.45, 2.75) is 38.8 Å². The lowest BCUT2D eigenvalue weighted by Gasteiger charge is -2.15. The number of likely N-dealkylation sites (tertiary alicyclic amines) is 1. The maximum Gasteiger partial charge on any atom is 0.0234 e. The van der Waals surface area contributed by atoms with Gasteiger partial charge < -0.3 is 5.73 Å². The molecule has 2 nitrogen and oxygen atoms in total. The molecule has 1 aromatic rings. The van der Waals surface area contributed by atoms with E-state index in [1.807, 2.05) is 0 Å². The Bertz CT molecular complexity index is 329. The molecule has 0 amide bonds. The second-order valence-corrected chi connectivity index (χ2v) is 5.18. The third-order valence-corrected chi connectivity index (χ3v) is 3.36. The first kappa shape index (κ1) is 11.6. The fraction of sp³-hybridized carbons (Fsp3) is 0.571. The molecule has 0 spiro atoms. The lowest BCUT2D eigenvalue weighted by atomic mass is 10.0. The summed E-state index contributed by atoms with van der Waals surface area (Å²) in [5.41, 5.74) is 8.72. The topological polar surface area (TPSA) is 29.3 Å². The summed E-state index contributed by atoms with van der Waals surface area (Å²) in [5.74, 6) is 0.620. The Morgan fingerprint density at radius 2 is 2.00 bits per heavy atom. The zero-order valence-corrected chi connectivity index (χ0v) is 10.3. The largest absolute Gasteiger partial charge is 0.326 e. The Balaban J connectivity index is 1.95. The number of benzene rings is 1. The molecule has 0 radical (unpaired) electrons. The van der Waals surface area contributed by atoms with Gasteiger partial charge in [0.15, 0.2) is 0 Å². The number of hydrogen-bond donors (Lipinski definition) is 1. The third-order valence-electron chi connectivity index (χ3n) is 3.36. The van der Waals surface area contributed by atoms with Gasteiger partial charge in [0.25, 0.3) is 0 Å². The predicted octanol–water partition coefficient (Wildman–Crippen LogP) is 2.34. The van der Waals surface area contributed by atoms with Crippen molar-refractivity contribution in [3.8, 4) is 0 Å². The summed E-state index contributed by atoms with van der Waals surface area (Å²) in [7, 11) is 0. The second kappa shape index (κ2) is 4.98. The molecular formula is C14H22N2. The molecule has 2 heteroatoms. The van der Waals surface area contributed by atoms with E-state index in [-0.39, 0.29) is 0 Å². The quantitative estimate of drug-likeness (QED) is 0.844. The summed E-state index contributed by atoms with van der Waals surface area (Å²) in [6.45, 7) is 7.70. The van der Waals surface area contributed by atoms with Gasteiger partial charge in [-0.1, -0.05) is 38.1 Å². The van der Waals surface area contributed by atoms with Gasteiger partial charge in [0, 0.05) is 25.7 Å². The highest BCUT2D eigenvalue weighted by molar-refractivity contribution is 5.24. The predicted molar refractivity (Wildman–Crippen MR) is 68.4 cm³/mol. The van der Waals surface area contributed by atoms with Crippen molar-refractivity contribution in [2.24, 2.45) is 5.73 Å². The van der Waals surface area contributed by atoms with Gasteiger partial charge in [0.2, 0.25) is 0 Å². The van der Waals surface area contributed by atoms with Gasteiger partial charge in [-0.25, -0.2) is 0 Å². The van der Waals surface area contributed by atoms with Crippen molar-refractivity contribution in [1.29, 1.82) is 0 Å². The average molecular weight is 218 g/mol. The van der Waals surface area contributed by atoms with Gasteiger partial charge in [-0.2, -0.15) is 0 Å². The molecule has 1 fully saturated rings. The van der Waals surface area contributed by atoms with Crippen LogP contribution in [0.25, 0.3) is 0 Å². The van der Waals surface area contributed by atoms with E-state index in [1.54, 1.807) is 0 Å². The van der Waals surface area contributed by atoms with E-state index in [2.05, 4.69) is 43.0 Å². The van der Waals surface area contributed by atoms with Crippen LogP contribution in [-0.4, -0.2) is 24.0 Å². The molecule has 2 N–H and O–H groups in total. The summed E-state index contributed by atoms with van der Waals surface area (Å²) in [6, 6.07) is 9.37. The zero-order valence-electron chi connectivity index (χ0n) is 10.3. The Hall–Kier alpha value is -0.860. The van der Waals surface area contributed by atoms with Crippen LogP contribution in [0.3, 0.4) is 0 Å². The van der Waals surface area contributed by atoms with Crippen molar-refractivity contribution >= 4 is 0 Å². The maximum absolute atomic E-state index is 5.90. The molecule has 1 aromatic carbocycles. The molecule has 1 atom stereocenters. The van der Waals surface area contributed by atoms with Crippen LogP contribution >= 0.6 is 0 Å². The standard InChI is InChI=1S/C14H22N2/c1-11(2)13-5-3-12(4-6-13)9-16-8-7-14(15)10-16/h3-6,11,14H,7-10,15H2,1-2H3. The SMILES string of the molecule is CC(C)c1ccc(CN2CCC(N)C2)cc1. The number of nitrogens with zero attached hydrogens (tertiary/aromatic N) is 1. The van der Waals surface area contributed by atoms with Crippen LogP contribution in [0.5, 0.6) is 0 Å². The van der Waals surface area contributed by atoms with Crippen LogP contribution in [0.15, 0.2) is 24.3 Å². The normalized spacial score (nSPS) is 21.9. The zero-order chi connectivity index (χ0) is 11.5. The van der Waals surface area contributed by atoms with Crippen molar-refractivity contribution < 1.29 is 0 Å². The molecule has 1 aliphatic heterocycles. The van der Waals surface area contributed by atoms with Crippen LogP contribution in [-0.2, 0) is 6.54 Å². The van der Waals surface area contributed by atoms with Crippen LogP contribution in [0, 0.1) is 0 Å². The summed E-state index contributed by atoms with van der Waals surface area (Å²) in [6.07, 6.45) is 1.14. The van der Waals surface area contributed by atoms with E-state index in [9.17, 15) is 0 Å². The number of rotatable bonds is 3. The molecule has 1 aliphatic rings. The fourth-order valence-electron chi connectivity index (χ4n) is 2.27. The smallest absolute Gasteiger partial charge is 0.0234 e. The summed E-state index contributed by atoms with van der Waals surface area (Å²) < 4.78 is 0. The van der Waals surface area contributed by atoms with Crippen molar-refractivity contribution in [1.82, 2.24) is 4.90 Å². The van der Waals surface area contributed by atoms with E-state index in [4.69, 9.17) is 5.73 Å². The number of nitrogens with two attached hydrogens (primary N) is 1. The van der Waals surface area contributed by atoms with E-state index in [0.29, 0.717) is 12.0 Å². The highest BCUT2D eigenvalue weighted by Crippen LogP contribution is 2.17. The monoisotopic (exact) mass is 218 g/mol. The first-order chi connectivity index (χ1) is 7.65. The van der Waals surface area contributed by atoms with E-state index in [1.165, 1.54) is 11.1 Å². The number of hydrogen-bond acceptors (Lipinski definition) is 2. The van der Waals surface area contributed by atoms with Gasteiger partial charge in [-0.3, -0.25) is 4.90 Å². The fourth-order valence-corrected chi connectivity index (χ4v) is 2.27. The molecule has 1 unspecified atom stereocenters. The molecule has 1 heterocycles. The molecular weight excluding hydrogens is 196 g/mol. The van der Waals surface area contributed by atoms with Gasteiger partial charge in [-0.15, -0.1) is 0 Å². The Morgan fingerprint density at radius 1 is 1.31 bits per heavy atom. The van der Waals surface area contributed by atoms with Gasteiger partial charge >= 0.3 is 0 Å². The molecule has 16 heavy (non-hydrogen) atoms. The first-order valence-electron chi connectivity index (χ1n) is 6.22. The van der Waals surface area contributed by atoms with Crippen LogP contribution < -0.4 is 5.73 Å². The van der Waals surface area contributed by atoms with Crippen molar-refractivity contribution in [3.05, 3.63) is 35.4 Å². The molecule has 88 valence electrons. The Labute approximate surface area is 98.4 Å². The average Bonchev–Trinajstić information content (AvgIpc) is 2.65. The Morgan fingerprint density at radius 3 is 2.50 bits per heavy atom. The Kier molecular flexibility index (Phi) is 3.62. The highest BCUT2D eigenvalue weighted by Gasteiger charge is 2.18. The molecule has 2 rings (SSSR count). The van der Waals surface area contributed by atoms with Gasteiger partial charge in [0.05, 0.1) is 0 Å². The molecule has 0 aliphatic carbocycles. The highest BCUT2D eigenvalue weighted by atomic mass is 15.2. The van der Waals surface area contributed by atoms with E-state index < -0.39 is 0 Å². The molecule has 0 bridgehead atoms. The summed E-state index contributed by atoms with van der Waals surface area (Å²) >= 11 is 0. The van der Waals surface area contributed by atoms with Crippen LogP contribution in [0.2, 0.25) is 0 Å². The second-order valence-electron chi connectivity index (χ2n) is 5.18. The maximum atomic E-state index is 5.90. The minimum absolute atomic E-state index is 0.384. The first-order valence-corrected chi connectivity index (χ1v) is 6.22. The van der Waals surface area contributed by atoms with Crippen LogP contribution in [0.1, 0.15) is 37.3 Å². The van der Waals surface area contributed by atoms with Gasteiger partial charge in [-0.05, 0) is 23.5 Å². The molecule has 0 aromatic heterocycles. The summed E-state index contributed by atoms with van der Waals surface area (Å²) in [5, 5.41) is 0. The van der Waals surface area contributed by atoms with Gasteiger partial charge in [0.1, 0.15) is 0 Å². The lowest BCUT2D eigenvalue weighted by molar-refractivity contribution is 0.327. The van der Waals surface area contributed by atoms with E-state index >= 15 is 0 Å². The lowest BCUT2D eigenvalue weighted by Crippen LogP contribution is -2.26. The third kappa shape index (κ3) is 2.83. The molecule has 0 saturated carbocycles.